The fourth-order valence-electron chi connectivity index (χ4n) is 5.82. The summed E-state index contributed by atoms with van der Waals surface area (Å²) in [5.41, 5.74) is 1.06. The molecule has 2 saturated carbocycles. The molecule has 0 spiro atoms. The zero-order valence-electron chi connectivity index (χ0n) is 16.2. The van der Waals surface area contributed by atoms with Gasteiger partial charge in [0.2, 0.25) is 5.95 Å². The number of nitrogens with zero attached hydrogens (tertiary/aromatic N) is 6. The van der Waals surface area contributed by atoms with Gasteiger partial charge in [0.05, 0.1) is 11.8 Å². The van der Waals surface area contributed by atoms with E-state index in [1.807, 2.05) is 24.1 Å². The van der Waals surface area contributed by atoms with Crippen molar-refractivity contribution in [1.82, 2.24) is 24.5 Å². The molecule has 0 N–H and O–H groups in total. The van der Waals surface area contributed by atoms with Gasteiger partial charge in [0.25, 0.3) is 0 Å². The SMILES string of the molecule is CC(C)Cn1c(-c2cnn(C)c2)nnc1N1CC2CC3CC(C2)CC1C3. The number of hydrogen-bond donors (Lipinski definition) is 0. The van der Waals surface area contributed by atoms with Crippen LogP contribution in [0.1, 0.15) is 46.0 Å². The van der Waals surface area contributed by atoms with Crippen molar-refractivity contribution in [3.8, 4) is 11.4 Å². The number of hydrogen-bond acceptors (Lipinski definition) is 4. The van der Waals surface area contributed by atoms with Gasteiger partial charge in [0.15, 0.2) is 5.82 Å². The minimum atomic E-state index is 0.555. The zero-order valence-corrected chi connectivity index (χ0v) is 16.2. The van der Waals surface area contributed by atoms with Crippen LogP contribution in [0.3, 0.4) is 0 Å². The van der Waals surface area contributed by atoms with Crippen molar-refractivity contribution in [2.24, 2.45) is 30.7 Å². The molecule has 6 nitrogen and oxygen atoms in total. The minimum Gasteiger partial charge on any atom is -0.338 e. The molecule has 6 heteroatoms. The first kappa shape index (κ1) is 16.3. The Balaban J connectivity index is 1.55. The van der Waals surface area contributed by atoms with E-state index in [4.69, 9.17) is 5.10 Å². The van der Waals surface area contributed by atoms with Crippen LogP contribution in [0.25, 0.3) is 11.4 Å². The van der Waals surface area contributed by atoms with Gasteiger partial charge < -0.3 is 4.90 Å². The Morgan fingerprint density at radius 2 is 1.77 bits per heavy atom. The second-order valence-electron chi connectivity index (χ2n) is 9.31. The molecular weight excluding hydrogens is 324 g/mol. The summed E-state index contributed by atoms with van der Waals surface area (Å²) in [7, 11) is 1.96. The summed E-state index contributed by atoms with van der Waals surface area (Å²) < 4.78 is 4.20. The van der Waals surface area contributed by atoms with Gasteiger partial charge in [0.1, 0.15) is 0 Å². The van der Waals surface area contributed by atoms with Crippen LogP contribution in [-0.4, -0.2) is 37.1 Å². The quantitative estimate of drug-likeness (QED) is 0.845. The van der Waals surface area contributed by atoms with E-state index in [-0.39, 0.29) is 0 Å². The molecule has 0 aromatic carbocycles. The lowest BCUT2D eigenvalue weighted by atomic mass is 9.68. The first-order chi connectivity index (χ1) is 12.6. The molecule has 26 heavy (non-hydrogen) atoms. The molecule has 2 atom stereocenters. The second kappa shape index (κ2) is 6.10. The summed E-state index contributed by atoms with van der Waals surface area (Å²) in [4.78, 5) is 2.62. The average Bonchev–Trinajstić information content (AvgIpc) is 3.12. The molecule has 0 amide bonds. The van der Waals surface area contributed by atoms with Crippen LogP contribution in [0.4, 0.5) is 5.95 Å². The summed E-state index contributed by atoms with van der Waals surface area (Å²) in [6.07, 6.45) is 11.0. The average molecular weight is 355 g/mol. The van der Waals surface area contributed by atoms with E-state index < -0.39 is 0 Å². The molecule has 2 aromatic rings. The van der Waals surface area contributed by atoms with Crippen LogP contribution in [0.2, 0.25) is 0 Å². The van der Waals surface area contributed by atoms with E-state index in [2.05, 4.69) is 33.5 Å². The maximum atomic E-state index is 4.72. The third kappa shape index (κ3) is 2.74. The van der Waals surface area contributed by atoms with E-state index in [9.17, 15) is 0 Å². The minimum absolute atomic E-state index is 0.555. The summed E-state index contributed by atoms with van der Waals surface area (Å²) in [5.74, 6) is 5.35. The summed E-state index contributed by atoms with van der Waals surface area (Å²) in [6.45, 7) is 6.66. The van der Waals surface area contributed by atoms with Gasteiger partial charge in [-0.3, -0.25) is 9.25 Å². The molecule has 2 saturated heterocycles. The fourth-order valence-corrected chi connectivity index (χ4v) is 5.82. The van der Waals surface area contributed by atoms with Crippen molar-refractivity contribution >= 4 is 5.95 Å². The lowest BCUT2D eigenvalue weighted by Gasteiger charge is -2.39. The second-order valence-corrected chi connectivity index (χ2v) is 9.31. The maximum Gasteiger partial charge on any atom is 0.227 e. The topological polar surface area (TPSA) is 51.8 Å². The van der Waals surface area contributed by atoms with Crippen LogP contribution in [-0.2, 0) is 13.6 Å². The van der Waals surface area contributed by atoms with Crippen molar-refractivity contribution in [2.45, 2.75) is 58.5 Å². The van der Waals surface area contributed by atoms with Crippen LogP contribution < -0.4 is 4.90 Å². The summed E-state index contributed by atoms with van der Waals surface area (Å²) >= 11 is 0. The Kier molecular flexibility index (Phi) is 3.83. The van der Waals surface area contributed by atoms with Crippen molar-refractivity contribution in [2.75, 3.05) is 11.4 Å². The molecule has 2 aliphatic heterocycles. The monoisotopic (exact) mass is 354 g/mol. The number of fused-ring (bicyclic) bond motifs is 1. The third-order valence-corrected chi connectivity index (χ3v) is 6.61. The van der Waals surface area contributed by atoms with Gasteiger partial charge >= 0.3 is 0 Å². The molecule has 140 valence electrons. The van der Waals surface area contributed by atoms with Crippen LogP contribution >= 0.6 is 0 Å². The highest BCUT2D eigenvalue weighted by atomic mass is 15.4. The van der Waals surface area contributed by atoms with E-state index in [0.29, 0.717) is 12.0 Å². The standard InChI is InChI=1S/C20H30N6/c1-13(2)10-26-19(17-9-21-24(3)12-17)22-23-20(26)25-11-16-5-14-4-15(6-16)8-18(25)7-14/h9,12-16,18H,4-8,10-11H2,1-3H3. The molecule has 0 radical (unpaired) electrons. The maximum absolute atomic E-state index is 4.72. The summed E-state index contributed by atoms with van der Waals surface area (Å²) in [6, 6.07) is 0.656. The van der Waals surface area contributed by atoms with Gasteiger partial charge in [-0.25, -0.2) is 0 Å². The number of aryl methyl sites for hydroxylation is 1. The van der Waals surface area contributed by atoms with Gasteiger partial charge in [0, 0.05) is 32.4 Å². The lowest BCUT2D eigenvalue weighted by Crippen LogP contribution is -2.40. The Hall–Kier alpha value is -1.85. The molecule has 4 aliphatic rings. The van der Waals surface area contributed by atoms with Gasteiger partial charge in [-0.05, 0) is 55.8 Å². The van der Waals surface area contributed by atoms with Gasteiger partial charge in [-0.1, -0.05) is 13.8 Å². The Bertz CT molecular complexity index is 776. The van der Waals surface area contributed by atoms with Crippen LogP contribution in [0, 0.1) is 23.7 Å². The fraction of sp³-hybridized carbons (Fsp3) is 0.750. The normalized spacial score (nSPS) is 30.4. The first-order valence-electron chi connectivity index (χ1n) is 10.3. The number of anilines is 1. The predicted octanol–water partition coefficient (Wildman–Crippen LogP) is 3.35. The first-order valence-corrected chi connectivity index (χ1v) is 10.3. The molecule has 2 aliphatic carbocycles. The molecule has 4 fully saturated rings. The van der Waals surface area contributed by atoms with Crippen molar-refractivity contribution < 1.29 is 0 Å². The smallest absolute Gasteiger partial charge is 0.227 e. The molecule has 2 aromatic heterocycles. The zero-order chi connectivity index (χ0) is 17.8. The molecule has 6 rings (SSSR count). The highest BCUT2D eigenvalue weighted by Crippen LogP contribution is 2.48. The van der Waals surface area contributed by atoms with E-state index in [1.165, 1.54) is 38.6 Å². The van der Waals surface area contributed by atoms with E-state index in [1.54, 1.807) is 0 Å². The Morgan fingerprint density at radius 3 is 2.42 bits per heavy atom. The van der Waals surface area contributed by atoms with Gasteiger partial charge in [-0.15, -0.1) is 10.2 Å². The predicted molar refractivity (Wildman–Crippen MR) is 102 cm³/mol. The number of rotatable bonds is 4. The van der Waals surface area contributed by atoms with Gasteiger partial charge in [-0.2, -0.15) is 5.10 Å². The lowest BCUT2D eigenvalue weighted by molar-refractivity contribution is 0.157. The Morgan fingerprint density at radius 1 is 1.04 bits per heavy atom. The van der Waals surface area contributed by atoms with Crippen LogP contribution in [0.15, 0.2) is 12.4 Å². The largest absolute Gasteiger partial charge is 0.338 e. The molecule has 2 unspecified atom stereocenters. The van der Waals surface area contributed by atoms with Crippen molar-refractivity contribution in [3.63, 3.8) is 0 Å². The van der Waals surface area contributed by atoms with Crippen LogP contribution in [0.5, 0.6) is 0 Å². The third-order valence-electron chi connectivity index (χ3n) is 6.61. The number of aromatic nitrogens is 5. The summed E-state index contributed by atoms with van der Waals surface area (Å²) in [5, 5.41) is 13.7. The Labute approximate surface area is 155 Å². The highest BCUT2D eigenvalue weighted by molar-refractivity contribution is 5.56. The highest BCUT2D eigenvalue weighted by Gasteiger charge is 2.44. The van der Waals surface area contributed by atoms with E-state index in [0.717, 1.165) is 41.6 Å². The van der Waals surface area contributed by atoms with Crippen molar-refractivity contribution in [3.05, 3.63) is 12.4 Å². The molecule has 4 bridgehead atoms. The molecule has 4 heterocycles. The molecular formula is C20H30N6. The van der Waals surface area contributed by atoms with Crippen molar-refractivity contribution in [1.29, 1.82) is 0 Å². The van der Waals surface area contributed by atoms with E-state index >= 15 is 0 Å².